The van der Waals surface area contributed by atoms with Gasteiger partial charge in [-0.05, 0) is 38.5 Å². The van der Waals surface area contributed by atoms with Gasteiger partial charge in [0.05, 0.1) is 0 Å². The fourth-order valence-electron chi connectivity index (χ4n) is 2.36. The monoisotopic (exact) mass is 253 g/mol. The quantitative estimate of drug-likeness (QED) is 0.670. The minimum atomic E-state index is 0.0752. The Kier molecular flexibility index (Phi) is 3.70. The first-order valence-corrected chi connectivity index (χ1v) is 6.42. The van der Waals surface area contributed by atoms with E-state index in [1.54, 1.807) is 6.07 Å². The lowest BCUT2D eigenvalue weighted by Crippen LogP contribution is -2.07. The number of carbonyl (C=O) groups is 1. The van der Waals surface area contributed by atoms with Crippen LogP contribution in [0.25, 0.3) is 0 Å². The molecule has 0 spiro atoms. The van der Waals surface area contributed by atoms with E-state index in [4.69, 9.17) is 5.73 Å². The second-order valence-electron chi connectivity index (χ2n) is 5.19. The molecule has 2 heteroatoms. The first-order valence-electron chi connectivity index (χ1n) is 6.42. The van der Waals surface area contributed by atoms with Crippen LogP contribution in [0.2, 0.25) is 0 Å². The van der Waals surface area contributed by atoms with E-state index in [0.29, 0.717) is 17.7 Å². The van der Waals surface area contributed by atoms with Gasteiger partial charge in [-0.1, -0.05) is 41.0 Å². The number of hydrogen-bond donors (Lipinski definition) is 1. The van der Waals surface area contributed by atoms with E-state index in [9.17, 15) is 4.79 Å². The van der Waals surface area contributed by atoms with Gasteiger partial charge in [-0.15, -0.1) is 0 Å². The molecule has 0 fully saturated rings. The molecule has 0 saturated heterocycles. The van der Waals surface area contributed by atoms with Crippen LogP contribution in [0.5, 0.6) is 0 Å². The van der Waals surface area contributed by atoms with Crippen LogP contribution in [0.4, 0.5) is 5.69 Å². The van der Waals surface area contributed by atoms with Gasteiger partial charge in [0.15, 0.2) is 5.78 Å². The van der Waals surface area contributed by atoms with E-state index < -0.39 is 0 Å². The summed E-state index contributed by atoms with van der Waals surface area (Å²) in [4.78, 5) is 12.3. The molecule has 0 bridgehead atoms. The molecule has 2 aromatic carbocycles. The number of hydrogen-bond acceptors (Lipinski definition) is 2. The number of benzene rings is 2. The Labute approximate surface area is 114 Å². The number of Topliss-reactive ketones (excluding diaryl/α,β-unsaturated/α-hetero) is 1. The number of anilines is 1. The predicted octanol–water partition coefficient (Wildman–Crippen LogP) is 3.62. The standard InChI is InChI=1S/C17H19NO/c1-11-4-5-16(18)15(9-11)17(19)10-14-7-12(2)6-13(3)8-14/h4-9H,10,18H2,1-3H3. The molecular weight excluding hydrogens is 234 g/mol. The largest absolute Gasteiger partial charge is 0.398 e. The molecule has 2 nitrogen and oxygen atoms in total. The van der Waals surface area contributed by atoms with Crippen LogP contribution < -0.4 is 5.73 Å². The van der Waals surface area contributed by atoms with E-state index in [0.717, 1.165) is 11.1 Å². The van der Waals surface area contributed by atoms with Gasteiger partial charge in [-0.25, -0.2) is 0 Å². The Hall–Kier alpha value is -2.09. The molecule has 98 valence electrons. The SMILES string of the molecule is Cc1cc(C)cc(CC(=O)c2cc(C)ccc2N)c1. The Morgan fingerprint density at radius 3 is 2.21 bits per heavy atom. The minimum Gasteiger partial charge on any atom is -0.398 e. The molecule has 2 N–H and O–H groups in total. The van der Waals surface area contributed by atoms with Gasteiger partial charge in [-0.2, -0.15) is 0 Å². The van der Waals surface area contributed by atoms with E-state index >= 15 is 0 Å². The first kappa shape index (κ1) is 13.3. The summed E-state index contributed by atoms with van der Waals surface area (Å²) in [6, 6.07) is 11.8. The number of carbonyl (C=O) groups excluding carboxylic acids is 1. The van der Waals surface area contributed by atoms with E-state index in [1.165, 1.54) is 11.1 Å². The van der Waals surface area contributed by atoms with Crippen molar-refractivity contribution in [3.05, 3.63) is 64.2 Å². The summed E-state index contributed by atoms with van der Waals surface area (Å²) in [6.45, 7) is 6.05. The molecule has 0 aromatic heterocycles. The van der Waals surface area contributed by atoms with Crippen molar-refractivity contribution in [2.24, 2.45) is 0 Å². The van der Waals surface area contributed by atoms with Crippen LogP contribution in [0, 0.1) is 20.8 Å². The molecular formula is C17H19NO. The molecule has 0 aliphatic carbocycles. The molecule has 0 heterocycles. The molecule has 19 heavy (non-hydrogen) atoms. The van der Waals surface area contributed by atoms with Crippen LogP contribution >= 0.6 is 0 Å². The molecule has 2 aromatic rings. The van der Waals surface area contributed by atoms with Crippen molar-refractivity contribution in [2.75, 3.05) is 5.73 Å². The topological polar surface area (TPSA) is 43.1 Å². The van der Waals surface area contributed by atoms with Crippen molar-refractivity contribution in [3.8, 4) is 0 Å². The summed E-state index contributed by atoms with van der Waals surface area (Å²) in [7, 11) is 0. The second-order valence-corrected chi connectivity index (χ2v) is 5.19. The van der Waals surface area contributed by atoms with Gasteiger partial charge >= 0.3 is 0 Å². The summed E-state index contributed by atoms with van der Waals surface area (Å²) in [5.41, 5.74) is 11.5. The Bertz CT molecular complexity index is 609. The molecule has 0 aliphatic rings. The molecule has 0 saturated carbocycles. The zero-order chi connectivity index (χ0) is 14.0. The number of rotatable bonds is 3. The smallest absolute Gasteiger partial charge is 0.169 e. The third-order valence-electron chi connectivity index (χ3n) is 3.16. The number of nitrogen functional groups attached to an aromatic ring is 1. The van der Waals surface area contributed by atoms with Crippen LogP contribution in [-0.4, -0.2) is 5.78 Å². The lowest BCUT2D eigenvalue weighted by atomic mass is 9.98. The van der Waals surface area contributed by atoms with Crippen molar-refractivity contribution in [3.63, 3.8) is 0 Å². The van der Waals surface area contributed by atoms with Gasteiger partial charge in [-0.3, -0.25) is 4.79 Å². The fourth-order valence-corrected chi connectivity index (χ4v) is 2.36. The molecule has 0 radical (unpaired) electrons. The fraction of sp³-hybridized carbons (Fsp3) is 0.235. The highest BCUT2D eigenvalue weighted by molar-refractivity contribution is 6.02. The van der Waals surface area contributed by atoms with Crippen molar-refractivity contribution in [2.45, 2.75) is 27.2 Å². The molecule has 0 amide bonds. The molecule has 2 rings (SSSR count). The third kappa shape index (κ3) is 3.22. The lowest BCUT2D eigenvalue weighted by Gasteiger charge is -2.08. The Morgan fingerprint density at radius 1 is 0.947 bits per heavy atom. The zero-order valence-corrected chi connectivity index (χ0v) is 11.7. The number of nitrogens with two attached hydrogens (primary N) is 1. The molecule has 0 atom stereocenters. The van der Waals surface area contributed by atoms with Gasteiger partial charge in [0.2, 0.25) is 0 Å². The maximum atomic E-state index is 12.3. The molecule has 0 aliphatic heterocycles. The predicted molar refractivity (Wildman–Crippen MR) is 79.5 cm³/mol. The van der Waals surface area contributed by atoms with E-state index in [2.05, 4.69) is 18.2 Å². The summed E-state index contributed by atoms with van der Waals surface area (Å²) in [5, 5.41) is 0. The normalized spacial score (nSPS) is 10.5. The Balaban J connectivity index is 2.28. The maximum absolute atomic E-state index is 12.3. The second kappa shape index (κ2) is 5.27. The minimum absolute atomic E-state index is 0.0752. The third-order valence-corrected chi connectivity index (χ3v) is 3.16. The molecule has 0 unspecified atom stereocenters. The van der Waals surface area contributed by atoms with Crippen LogP contribution in [-0.2, 0) is 6.42 Å². The lowest BCUT2D eigenvalue weighted by molar-refractivity contribution is 0.0994. The highest BCUT2D eigenvalue weighted by Gasteiger charge is 2.11. The summed E-state index contributed by atoms with van der Waals surface area (Å²) in [5.74, 6) is 0.0752. The summed E-state index contributed by atoms with van der Waals surface area (Å²) >= 11 is 0. The number of ketones is 1. The van der Waals surface area contributed by atoms with Crippen molar-refractivity contribution in [1.82, 2.24) is 0 Å². The van der Waals surface area contributed by atoms with Crippen molar-refractivity contribution in [1.29, 1.82) is 0 Å². The van der Waals surface area contributed by atoms with Crippen molar-refractivity contribution < 1.29 is 4.79 Å². The zero-order valence-electron chi connectivity index (χ0n) is 11.7. The first-order chi connectivity index (χ1) is 8.95. The van der Waals surface area contributed by atoms with Crippen LogP contribution in [0.15, 0.2) is 36.4 Å². The summed E-state index contributed by atoms with van der Waals surface area (Å²) in [6.07, 6.45) is 0.399. The van der Waals surface area contributed by atoms with Gasteiger partial charge in [0.25, 0.3) is 0 Å². The Morgan fingerprint density at radius 2 is 1.58 bits per heavy atom. The average molecular weight is 253 g/mol. The van der Waals surface area contributed by atoms with Crippen molar-refractivity contribution >= 4 is 11.5 Å². The van der Waals surface area contributed by atoms with E-state index in [-0.39, 0.29) is 5.78 Å². The van der Waals surface area contributed by atoms with Gasteiger partial charge in [0.1, 0.15) is 0 Å². The maximum Gasteiger partial charge on any atom is 0.169 e. The highest BCUT2D eigenvalue weighted by atomic mass is 16.1. The van der Waals surface area contributed by atoms with Gasteiger partial charge < -0.3 is 5.73 Å². The average Bonchev–Trinajstić information content (AvgIpc) is 2.30. The van der Waals surface area contributed by atoms with Crippen LogP contribution in [0.1, 0.15) is 32.6 Å². The number of aryl methyl sites for hydroxylation is 3. The summed E-state index contributed by atoms with van der Waals surface area (Å²) < 4.78 is 0. The van der Waals surface area contributed by atoms with E-state index in [1.807, 2.05) is 32.9 Å². The van der Waals surface area contributed by atoms with Gasteiger partial charge in [0, 0.05) is 17.7 Å². The van der Waals surface area contributed by atoms with Crippen LogP contribution in [0.3, 0.4) is 0 Å². The highest BCUT2D eigenvalue weighted by Crippen LogP contribution is 2.18.